The predicted octanol–water partition coefficient (Wildman–Crippen LogP) is 2.01. The number of aromatic nitrogens is 1. The van der Waals surface area contributed by atoms with Crippen LogP contribution in [0.2, 0.25) is 0 Å². The molecule has 0 aliphatic carbocycles. The van der Waals surface area contributed by atoms with Crippen LogP contribution >= 0.6 is 11.3 Å². The second kappa shape index (κ2) is 8.78. The molecule has 25 heavy (non-hydrogen) atoms. The van der Waals surface area contributed by atoms with E-state index < -0.39 is 12.1 Å². The molecule has 0 aliphatic heterocycles. The summed E-state index contributed by atoms with van der Waals surface area (Å²) < 4.78 is 4.98. The Morgan fingerprint density at radius 2 is 2.08 bits per heavy atom. The third kappa shape index (κ3) is 6.60. The number of alkyl carbamates (subject to hydrolysis) is 1. The molecule has 1 aromatic carbocycles. The average Bonchev–Trinajstić information content (AvgIpc) is 2.97. The number of carbonyl (C=O) groups excluding carboxylic acids is 2. The van der Waals surface area contributed by atoms with Crippen molar-refractivity contribution in [1.29, 1.82) is 5.41 Å². The molecule has 9 heteroatoms. The summed E-state index contributed by atoms with van der Waals surface area (Å²) in [6.07, 6.45) is 0.757. The number of nitrogens with zero attached hydrogens (tertiary/aromatic N) is 1. The highest BCUT2D eigenvalue weighted by molar-refractivity contribution is 7.13. The van der Waals surface area contributed by atoms with E-state index in [1.54, 1.807) is 0 Å². The van der Waals surface area contributed by atoms with Crippen molar-refractivity contribution in [2.45, 2.75) is 26.4 Å². The van der Waals surface area contributed by atoms with E-state index in [4.69, 9.17) is 15.9 Å². The van der Waals surface area contributed by atoms with E-state index in [2.05, 4.69) is 15.6 Å². The van der Waals surface area contributed by atoms with E-state index in [1.165, 1.54) is 18.3 Å². The van der Waals surface area contributed by atoms with Gasteiger partial charge in [0.1, 0.15) is 6.61 Å². The minimum absolute atomic E-state index is 0.0936. The molecule has 0 atom stereocenters. The highest BCUT2D eigenvalue weighted by Crippen LogP contribution is 2.17. The van der Waals surface area contributed by atoms with Crippen molar-refractivity contribution >= 4 is 34.4 Å². The summed E-state index contributed by atoms with van der Waals surface area (Å²) >= 11 is 1.40. The largest absolute Gasteiger partial charge is 0.444 e. The fourth-order valence-corrected chi connectivity index (χ4v) is 2.86. The summed E-state index contributed by atoms with van der Waals surface area (Å²) in [6.45, 7) is 1.54. The molecule has 5 N–H and O–H groups in total. The fourth-order valence-electron chi connectivity index (χ4n) is 2.07. The Morgan fingerprint density at radius 1 is 1.32 bits per heavy atom. The Labute approximate surface area is 148 Å². The number of amides is 2. The molecule has 0 saturated carbocycles. The summed E-state index contributed by atoms with van der Waals surface area (Å²) in [7, 11) is 0. The van der Waals surface area contributed by atoms with Crippen LogP contribution in [0, 0.1) is 5.41 Å². The van der Waals surface area contributed by atoms with Crippen molar-refractivity contribution in [2.75, 3.05) is 5.32 Å². The molecule has 0 aliphatic rings. The Balaban J connectivity index is 1.86. The maximum atomic E-state index is 11.3. The van der Waals surface area contributed by atoms with Gasteiger partial charge >= 0.3 is 6.09 Å². The first kappa shape index (κ1) is 18.4. The number of aryl methyl sites for hydroxylation is 2. The van der Waals surface area contributed by atoms with Crippen molar-refractivity contribution in [1.82, 2.24) is 10.3 Å². The van der Waals surface area contributed by atoms with Gasteiger partial charge in [0.25, 0.3) is 0 Å². The zero-order valence-corrected chi connectivity index (χ0v) is 14.5. The summed E-state index contributed by atoms with van der Waals surface area (Å²) in [5, 5.41) is 14.2. The maximum absolute atomic E-state index is 11.3. The van der Waals surface area contributed by atoms with Crippen LogP contribution in [0.5, 0.6) is 0 Å². The number of rotatable bonds is 6. The van der Waals surface area contributed by atoms with Crippen molar-refractivity contribution < 1.29 is 14.3 Å². The van der Waals surface area contributed by atoms with Crippen molar-refractivity contribution in [2.24, 2.45) is 5.73 Å². The van der Waals surface area contributed by atoms with Crippen molar-refractivity contribution in [3.05, 3.63) is 46.5 Å². The van der Waals surface area contributed by atoms with Crippen LogP contribution in [0.1, 0.15) is 23.7 Å². The Hall–Kier alpha value is -2.94. The van der Waals surface area contributed by atoms with Gasteiger partial charge in [-0.3, -0.25) is 15.5 Å². The van der Waals surface area contributed by atoms with Crippen LogP contribution < -0.4 is 16.4 Å². The Morgan fingerprint density at radius 3 is 2.80 bits per heavy atom. The number of hydrogen-bond acceptors (Lipinski definition) is 6. The highest BCUT2D eigenvalue weighted by atomic mass is 32.1. The van der Waals surface area contributed by atoms with Gasteiger partial charge in [-0.25, -0.2) is 9.78 Å². The summed E-state index contributed by atoms with van der Waals surface area (Å²) in [5.41, 5.74) is 7.89. The molecule has 8 nitrogen and oxygen atoms in total. The topological polar surface area (TPSA) is 130 Å². The van der Waals surface area contributed by atoms with E-state index in [-0.39, 0.29) is 12.5 Å². The van der Waals surface area contributed by atoms with E-state index in [1.807, 2.05) is 29.6 Å². The van der Waals surface area contributed by atoms with E-state index >= 15 is 0 Å². The minimum Gasteiger partial charge on any atom is -0.444 e. The molecule has 0 unspecified atom stereocenters. The van der Waals surface area contributed by atoms with Crippen LogP contribution in [0.4, 0.5) is 9.93 Å². The third-order valence-electron chi connectivity index (χ3n) is 3.10. The lowest BCUT2D eigenvalue weighted by Gasteiger charge is -2.07. The van der Waals surface area contributed by atoms with E-state index in [0.29, 0.717) is 5.13 Å². The molecule has 2 amide bonds. The van der Waals surface area contributed by atoms with Gasteiger partial charge in [0.15, 0.2) is 11.1 Å². The molecule has 0 radical (unpaired) electrons. The third-order valence-corrected chi connectivity index (χ3v) is 3.91. The molecule has 0 spiro atoms. The second-order valence-corrected chi connectivity index (χ2v) is 6.12. The smallest absolute Gasteiger partial charge is 0.414 e. The summed E-state index contributed by atoms with van der Waals surface area (Å²) in [5.74, 6) is -0.594. The van der Waals surface area contributed by atoms with Gasteiger partial charge in [-0.1, -0.05) is 24.3 Å². The number of nitrogens with one attached hydrogen (secondary N) is 3. The number of benzene rings is 1. The summed E-state index contributed by atoms with van der Waals surface area (Å²) in [4.78, 5) is 26.7. The number of guanidine groups is 1. The maximum Gasteiger partial charge on any atom is 0.414 e. The standard InChI is InChI=1S/C16H19N5O3S/c1-10(22)19-15-20-13(9-25-15)6-5-11-3-2-4-12(7-11)8-24-16(23)21-14(17)18/h2-4,7,9H,5-6,8H2,1H3,(H,19,20,22)(H4,17,18,21,23). The normalized spacial score (nSPS) is 10.1. The van der Waals surface area contributed by atoms with Crippen LogP contribution in [0.25, 0.3) is 0 Å². The average molecular weight is 361 g/mol. The first-order valence-electron chi connectivity index (χ1n) is 7.50. The monoisotopic (exact) mass is 361 g/mol. The molecule has 2 rings (SSSR count). The van der Waals surface area contributed by atoms with E-state index in [0.717, 1.165) is 29.7 Å². The van der Waals surface area contributed by atoms with Gasteiger partial charge in [0.2, 0.25) is 5.91 Å². The number of thiazole rings is 1. The number of ether oxygens (including phenoxy) is 1. The fraction of sp³-hybridized carbons (Fsp3) is 0.250. The molecule has 2 aromatic rings. The first-order chi connectivity index (χ1) is 11.9. The van der Waals surface area contributed by atoms with Gasteiger partial charge in [0.05, 0.1) is 5.69 Å². The number of carbonyl (C=O) groups is 2. The van der Waals surface area contributed by atoms with Gasteiger partial charge in [-0.05, 0) is 24.0 Å². The molecule has 0 fully saturated rings. The number of hydrogen-bond donors (Lipinski definition) is 4. The molecule has 1 heterocycles. The SMILES string of the molecule is CC(=O)Nc1nc(CCc2cccc(COC(=O)NC(=N)N)c2)cs1. The molecule has 1 aromatic heterocycles. The lowest BCUT2D eigenvalue weighted by atomic mass is 10.1. The predicted molar refractivity (Wildman–Crippen MR) is 95.5 cm³/mol. The molecule has 0 saturated heterocycles. The zero-order valence-electron chi connectivity index (χ0n) is 13.7. The van der Waals surface area contributed by atoms with Gasteiger partial charge < -0.3 is 15.8 Å². The van der Waals surface area contributed by atoms with Crippen molar-refractivity contribution in [3.63, 3.8) is 0 Å². The van der Waals surface area contributed by atoms with Gasteiger partial charge in [-0.15, -0.1) is 11.3 Å². The molecule has 0 bridgehead atoms. The lowest BCUT2D eigenvalue weighted by molar-refractivity contribution is -0.114. The molecular formula is C16H19N5O3S. The zero-order chi connectivity index (χ0) is 18.2. The van der Waals surface area contributed by atoms with Crippen LogP contribution in [0.15, 0.2) is 29.6 Å². The van der Waals surface area contributed by atoms with Crippen LogP contribution in [-0.4, -0.2) is 22.9 Å². The lowest BCUT2D eigenvalue weighted by Crippen LogP contribution is -2.35. The number of anilines is 1. The van der Waals surface area contributed by atoms with Crippen LogP contribution in [0.3, 0.4) is 0 Å². The quantitative estimate of drug-likeness (QED) is 0.462. The Kier molecular flexibility index (Phi) is 6.47. The highest BCUT2D eigenvalue weighted by Gasteiger charge is 2.06. The van der Waals surface area contributed by atoms with Gasteiger partial charge in [0, 0.05) is 12.3 Å². The molecular weight excluding hydrogens is 342 g/mol. The van der Waals surface area contributed by atoms with Crippen LogP contribution in [-0.2, 0) is 29.0 Å². The molecule has 132 valence electrons. The summed E-state index contributed by atoms with van der Waals surface area (Å²) in [6, 6.07) is 7.67. The first-order valence-corrected chi connectivity index (χ1v) is 8.38. The van der Waals surface area contributed by atoms with E-state index in [9.17, 15) is 9.59 Å². The number of nitrogens with two attached hydrogens (primary N) is 1. The Bertz CT molecular complexity index is 775. The van der Waals surface area contributed by atoms with Crippen molar-refractivity contribution in [3.8, 4) is 0 Å². The second-order valence-electron chi connectivity index (χ2n) is 5.26. The van der Waals surface area contributed by atoms with Gasteiger partial charge in [-0.2, -0.15) is 0 Å². The minimum atomic E-state index is -0.758.